The van der Waals surface area contributed by atoms with Crippen LogP contribution in [0.15, 0.2) is 48.7 Å². The Hall–Kier alpha value is -1.87. The van der Waals surface area contributed by atoms with Crippen LogP contribution in [0.2, 0.25) is 0 Å². The lowest BCUT2D eigenvalue weighted by Crippen LogP contribution is -2.40. The van der Waals surface area contributed by atoms with Crippen molar-refractivity contribution in [3.05, 3.63) is 59.8 Å². The molecule has 0 bridgehead atoms. The molecular formula is C23H33N3. The predicted octanol–water partition coefficient (Wildman–Crippen LogP) is 4.57. The van der Waals surface area contributed by atoms with Crippen molar-refractivity contribution in [3.8, 4) is 0 Å². The largest absolute Gasteiger partial charge is 0.353 e. The number of pyridine rings is 1. The van der Waals surface area contributed by atoms with Crippen LogP contribution < -0.4 is 4.90 Å². The standard InChI is InChI=1S/C23H33N3/c1-4-5-12-21(25(2)3)14-16-26(23-13-8-9-15-24-23)22-17-19-10-6-7-11-20(19)18-22/h6-11,13,15,21-22H,4-5,12,14,16-18H2,1-3H3. The Morgan fingerprint density at radius 3 is 2.27 bits per heavy atom. The molecule has 0 fully saturated rings. The summed E-state index contributed by atoms with van der Waals surface area (Å²) in [6, 6.07) is 16.4. The van der Waals surface area contributed by atoms with Crippen molar-refractivity contribution in [3.63, 3.8) is 0 Å². The monoisotopic (exact) mass is 351 g/mol. The predicted molar refractivity (Wildman–Crippen MR) is 111 cm³/mol. The van der Waals surface area contributed by atoms with E-state index in [2.05, 4.69) is 72.2 Å². The quantitative estimate of drug-likeness (QED) is 0.660. The summed E-state index contributed by atoms with van der Waals surface area (Å²) in [5, 5.41) is 0. The molecule has 1 aromatic carbocycles. The Morgan fingerprint density at radius 1 is 1.00 bits per heavy atom. The van der Waals surface area contributed by atoms with Crippen molar-refractivity contribution in [2.24, 2.45) is 0 Å². The first kappa shape index (κ1) is 18.9. The fourth-order valence-corrected chi connectivity index (χ4v) is 4.15. The van der Waals surface area contributed by atoms with E-state index in [1.54, 1.807) is 0 Å². The van der Waals surface area contributed by atoms with Gasteiger partial charge in [0.2, 0.25) is 0 Å². The van der Waals surface area contributed by atoms with E-state index in [1.807, 2.05) is 12.3 Å². The van der Waals surface area contributed by atoms with E-state index in [0.29, 0.717) is 12.1 Å². The molecule has 26 heavy (non-hydrogen) atoms. The summed E-state index contributed by atoms with van der Waals surface area (Å²) in [4.78, 5) is 9.64. The van der Waals surface area contributed by atoms with E-state index in [4.69, 9.17) is 0 Å². The smallest absolute Gasteiger partial charge is 0.128 e. The Labute approximate surface area is 159 Å². The third-order valence-corrected chi connectivity index (χ3v) is 5.74. The van der Waals surface area contributed by atoms with Crippen LogP contribution in [0.25, 0.3) is 0 Å². The van der Waals surface area contributed by atoms with Gasteiger partial charge in [-0.05, 0) is 63.0 Å². The van der Waals surface area contributed by atoms with Crippen LogP contribution in [0.1, 0.15) is 43.7 Å². The van der Waals surface area contributed by atoms with Crippen molar-refractivity contribution < 1.29 is 0 Å². The number of rotatable bonds is 9. The molecule has 140 valence electrons. The third kappa shape index (κ3) is 4.64. The molecule has 1 heterocycles. The molecule has 1 unspecified atom stereocenters. The van der Waals surface area contributed by atoms with Crippen molar-refractivity contribution in [2.45, 2.75) is 57.5 Å². The van der Waals surface area contributed by atoms with Gasteiger partial charge in [0.1, 0.15) is 5.82 Å². The summed E-state index contributed by atoms with van der Waals surface area (Å²) in [7, 11) is 4.44. The molecule has 0 radical (unpaired) electrons. The minimum Gasteiger partial charge on any atom is -0.353 e. The molecule has 0 saturated heterocycles. The van der Waals surface area contributed by atoms with Crippen LogP contribution in [0.4, 0.5) is 5.82 Å². The maximum absolute atomic E-state index is 4.68. The van der Waals surface area contributed by atoms with Gasteiger partial charge in [-0.2, -0.15) is 0 Å². The maximum atomic E-state index is 4.68. The number of benzene rings is 1. The van der Waals surface area contributed by atoms with Gasteiger partial charge < -0.3 is 9.80 Å². The van der Waals surface area contributed by atoms with Gasteiger partial charge in [-0.1, -0.05) is 50.1 Å². The van der Waals surface area contributed by atoms with E-state index in [0.717, 1.165) is 25.2 Å². The van der Waals surface area contributed by atoms with Crippen molar-refractivity contribution in [1.82, 2.24) is 9.88 Å². The minimum atomic E-state index is 0.524. The van der Waals surface area contributed by atoms with Crippen LogP contribution in [0.5, 0.6) is 0 Å². The Morgan fingerprint density at radius 2 is 1.69 bits per heavy atom. The molecular weight excluding hydrogens is 318 g/mol. The van der Waals surface area contributed by atoms with Gasteiger partial charge in [-0.25, -0.2) is 4.98 Å². The fourth-order valence-electron chi connectivity index (χ4n) is 4.15. The number of nitrogens with zero attached hydrogens (tertiary/aromatic N) is 3. The molecule has 1 atom stereocenters. The Balaban J connectivity index is 1.73. The van der Waals surface area contributed by atoms with Gasteiger partial charge in [-0.3, -0.25) is 0 Å². The van der Waals surface area contributed by atoms with E-state index >= 15 is 0 Å². The first-order valence-electron chi connectivity index (χ1n) is 10.1. The molecule has 0 spiro atoms. The summed E-state index contributed by atoms with van der Waals surface area (Å²) in [6.07, 6.45) is 9.24. The summed E-state index contributed by atoms with van der Waals surface area (Å²) < 4.78 is 0. The Kier molecular flexibility index (Phi) is 6.67. The molecule has 0 aliphatic heterocycles. The van der Waals surface area contributed by atoms with Crippen LogP contribution in [-0.2, 0) is 12.8 Å². The van der Waals surface area contributed by atoms with Gasteiger partial charge in [0.05, 0.1) is 0 Å². The van der Waals surface area contributed by atoms with Crippen molar-refractivity contribution in [1.29, 1.82) is 0 Å². The molecule has 0 amide bonds. The number of hydrogen-bond acceptors (Lipinski definition) is 3. The van der Waals surface area contributed by atoms with E-state index in [9.17, 15) is 0 Å². The van der Waals surface area contributed by atoms with Gasteiger partial charge >= 0.3 is 0 Å². The van der Waals surface area contributed by atoms with Gasteiger partial charge in [0.25, 0.3) is 0 Å². The highest BCUT2D eigenvalue weighted by Crippen LogP contribution is 2.28. The molecule has 3 rings (SSSR count). The highest BCUT2D eigenvalue weighted by Gasteiger charge is 2.28. The number of hydrogen-bond donors (Lipinski definition) is 0. The average Bonchev–Trinajstić information content (AvgIpc) is 3.08. The zero-order chi connectivity index (χ0) is 18.4. The number of unbranched alkanes of at least 4 members (excludes halogenated alkanes) is 1. The summed E-state index contributed by atoms with van der Waals surface area (Å²) in [6.45, 7) is 3.35. The SMILES string of the molecule is CCCCC(CCN(c1ccccn1)C1Cc2ccccc2C1)N(C)C. The maximum Gasteiger partial charge on any atom is 0.128 e. The second-order valence-corrected chi connectivity index (χ2v) is 7.76. The zero-order valence-electron chi connectivity index (χ0n) is 16.6. The first-order chi connectivity index (χ1) is 12.7. The second-order valence-electron chi connectivity index (χ2n) is 7.76. The highest BCUT2D eigenvalue weighted by atomic mass is 15.2. The van der Waals surface area contributed by atoms with E-state index in [1.165, 1.54) is 36.8 Å². The highest BCUT2D eigenvalue weighted by molar-refractivity contribution is 5.44. The van der Waals surface area contributed by atoms with Crippen molar-refractivity contribution >= 4 is 5.82 Å². The molecule has 3 heteroatoms. The van der Waals surface area contributed by atoms with Gasteiger partial charge in [-0.15, -0.1) is 0 Å². The third-order valence-electron chi connectivity index (χ3n) is 5.74. The van der Waals surface area contributed by atoms with E-state index in [-0.39, 0.29) is 0 Å². The van der Waals surface area contributed by atoms with Gasteiger partial charge in [0, 0.05) is 24.8 Å². The molecule has 1 aromatic heterocycles. The lowest BCUT2D eigenvalue weighted by atomic mass is 10.0. The summed E-state index contributed by atoms with van der Waals surface area (Å²) in [5.41, 5.74) is 3.02. The minimum absolute atomic E-state index is 0.524. The zero-order valence-corrected chi connectivity index (χ0v) is 16.6. The van der Waals surface area contributed by atoms with Crippen LogP contribution in [-0.4, -0.2) is 42.6 Å². The average molecular weight is 352 g/mol. The molecule has 2 aromatic rings. The molecule has 1 aliphatic carbocycles. The van der Waals surface area contributed by atoms with Crippen molar-refractivity contribution in [2.75, 3.05) is 25.5 Å². The van der Waals surface area contributed by atoms with Crippen LogP contribution in [0, 0.1) is 0 Å². The molecule has 0 N–H and O–H groups in total. The van der Waals surface area contributed by atoms with Crippen LogP contribution in [0.3, 0.4) is 0 Å². The van der Waals surface area contributed by atoms with Crippen LogP contribution >= 0.6 is 0 Å². The lowest BCUT2D eigenvalue weighted by Gasteiger charge is -2.33. The molecule has 3 nitrogen and oxygen atoms in total. The molecule has 0 saturated carbocycles. The normalized spacial score (nSPS) is 15.2. The summed E-state index contributed by atoms with van der Waals surface area (Å²) in [5.74, 6) is 1.12. The summed E-state index contributed by atoms with van der Waals surface area (Å²) >= 11 is 0. The number of aromatic nitrogens is 1. The number of fused-ring (bicyclic) bond motifs is 1. The molecule has 1 aliphatic rings. The Bertz CT molecular complexity index is 643. The second kappa shape index (κ2) is 9.18. The first-order valence-corrected chi connectivity index (χ1v) is 10.1. The van der Waals surface area contributed by atoms with E-state index < -0.39 is 0 Å². The topological polar surface area (TPSA) is 19.4 Å². The lowest BCUT2D eigenvalue weighted by molar-refractivity contribution is 0.259. The van der Waals surface area contributed by atoms with Gasteiger partial charge in [0.15, 0.2) is 0 Å². The fraction of sp³-hybridized carbons (Fsp3) is 0.522. The number of anilines is 1.